The number of rotatable bonds is 2. The van der Waals surface area contributed by atoms with E-state index in [1.54, 1.807) is 6.20 Å². The van der Waals surface area contributed by atoms with Crippen LogP contribution >= 0.6 is 0 Å². The van der Waals surface area contributed by atoms with Crippen molar-refractivity contribution in [2.24, 2.45) is 0 Å². The first-order chi connectivity index (χ1) is 6.45. The van der Waals surface area contributed by atoms with Crippen molar-refractivity contribution in [1.82, 2.24) is 4.98 Å². The van der Waals surface area contributed by atoms with Crippen molar-refractivity contribution in [3.8, 4) is 0 Å². The highest BCUT2D eigenvalue weighted by Crippen LogP contribution is 2.28. The van der Waals surface area contributed by atoms with Gasteiger partial charge in [-0.1, -0.05) is 13.2 Å². The quantitative estimate of drug-likeness (QED) is 0.774. The topological polar surface area (TPSA) is 38.9 Å². The molecule has 1 aromatic heterocycles. The molecule has 14 heavy (non-hydrogen) atoms. The summed E-state index contributed by atoms with van der Waals surface area (Å²) >= 11 is 0. The van der Waals surface area contributed by atoms with Gasteiger partial charge < -0.3 is 5.73 Å². The van der Waals surface area contributed by atoms with Gasteiger partial charge in [-0.2, -0.15) is 0 Å². The molecular formula is C12H16N2. The predicted octanol–water partition coefficient (Wildman–Crippen LogP) is 3.04. The molecule has 0 aliphatic rings. The van der Waals surface area contributed by atoms with E-state index in [1.807, 2.05) is 20.8 Å². The number of aryl methyl sites for hydroxylation is 1. The molecule has 0 aliphatic heterocycles. The summed E-state index contributed by atoms with van der Waals surface area (Å²) < 4.78 is 0. The van der Waals surface area contributed by atoms with Gasteiger partial charge in [0.1, 0.15) is 0 Å². The van der Waals surface area contributed by atoms with Gasteiger partial charge in [0.2, 0.25) is 0 Å². The molecule has 2 N–H and O–H groups in total. The van der Waals surface area contributed by atoms with Crippen molar-refractivity contribution in [2.45, 2.75) is 20.8 Å². The third-order valence-corrected chi connectivity index (χ3v) is 2.20. The van der Waals surface area contributed by atoms with Crippen molar-refractivity contribution in [3.63, 3.8) is 0 Å². The number of nitrogens with two attached hydrogens (primary N) is 1. The van der Waals surface area contributed by atoms with Crippen molar-refractivity contribution < 1.29 is 0 Å². The molecule has 2 heteroatoms. The van der Waals surface area contributed by atoms with Crippen LogP contribution in [0.2, 0.25) is 0 Å². The van der Waals surface area contributed by atoms with Crippen LogP contribution in [0.3, 0.4) is 0 Å². The molecule has 0 fully saturated rings. The standard InChI is InChI=1S/C12H16N2/c1-7(2)10-6-14-9(5)11(8(3)4)12(10)13/h6H,1,3H2,2,4-5H3,(H2,13,14). The Labute approximate surface area is 85.2 Å². The lowest BCUT2D eigenvalue weighted by atomic mass is 9.99. The van der Waals surface area contributed by atoms with Gasteiger partial charge in [-0.15, -0.1) is 0 Å². The normalized spacial score (nSPS) is 9.93. The average Bonchev–Trinajstić information content (AvgIpc) is 2.02. The first-order valence-corrected chi connectivity index (χ1v) is 4.52. The molecule has 0 spiro atoms. The van der Waals surface area contributed by atoms with Crippen molar-refractivity contribution in [2.75, 3.05) is 5.73 Å². The minimum Gasteiger partial charge on any atom is -0.398 e. The van der Waals surface area contributed by atoms with Crippen molar-refractivity contribution >= 4 is 16.8 Å². The number of hydrogen-bond donors (Lipinski definition) is 1. The van der Waals surface area contributed by atoms with E-state index in [0.717, 1.165) is 33.7 Å². The summed E-state index contributed by atoms with van der Waals surface area (Å²) in [6.45, 7) is 13.6. The summed E-state index contributed by atoms with van der Waals surface area (Å²) in [6.07, 6.45) is 1.76. The number of anilines is 1. The van der Waals surface area contributed by atoms with Crippen LogP contribution in [0.25, 0.3) is 11.1 Å². The lowest BCUT2D eigenvalue weighted by molar-refractivity contribution is 1.17. The van der Waals surface area contributed by atoms with Gasteiger partial charge in [0.05, 0.1) is 0 Å². The van der Waals surface area contributed by atoms with E-state index in [9.17, 15) is 0 Å². The Morgan fingerprint density at radius 1 is 1.29 bits per heavy atom. The summed E-state index contributed by atoms with van der Waals surface area (Å²) in [5, 5.41) is 0. The molecular weight excluding hydrogens is 172 g/mol. The lowest BCUT2D eigenvalue weighted by Crippen LogP contribution is -2.01. The molecule has 0 amide bonds. The summed E-state index contributed by atoms with van der Waals surface area (Å²) in [5.41, 5.74) is 11.4. The van der Waals surface area contributed by atoms with Gasteiger partial charge in [-0.05, 0) is 31.9 Å². The molecule has 0 unspecified atom stereocenters. The van der Waals surface area contributed by atoms with Gasteiger partial charge in [0.15, 0.2) is 0 Å². The molecule has 0 bridgehead atoms. The second-order valence-electron chi connectivity index (χ2n) is 3.61. The lowest BCUT2D eigenvalue weighted by Gasteiger charge is -2.12. The molecule has 74 valence electrons. The first-order valence-electron chi connectivity index (χ1n) is 4.52. The Balaban J connectivity index is 3.49. The van der Waals surface area contributed by atoms with Crippen LogP contribution in [0.4, 0.5) is 5.69 Å². The van der Waals surface area contributed by atoms with E-state index in [-0.39, 0.29) is 0 Å². The smallest absolute Gasteiger partial charge is 0.0500 e. The minimum atomic E-state index is 0.734. The Bertz CT molecular complexity index is 403. The van der Waals surface area contributed by atoms with Gasteiger partial charge >= 0.3 is 0 Å². The SMILES string of the molecule is C=C(C)c1cnc(C)c(C(=C)C)c1N. The summed E-state index contributed by atoms with van der Waals surface area (Å²) in [4.78, 5) is 4.28. The second kappa shape index (κ2) is 3.66. The Kier molecular flexibility index (Phi) is 2.75. The van der Waals surface area contributed by atoms with Crippen molar-refractivity contribution in [3.05, 3.63) is 36.2 Å². The van der Waals surface area contributed by atoms with Crippen molar-refractivity contribution in [1.29, 1.82) is 0 Å². The number of nitrogen functional groups attached to an aromatic ring is 1. The third kappa shape index (κ3) is 1.69. The largest absolute Gasteiger partial charge is 0.398 e. The average molecular weight is 188 g/mol. The monoisotopic (exact) mass is 188 g/mol. The number of aromatic nitrogens is 1. The fourth-order valence-electron chi connectivity index (χ4n) is 1.50. The summed E-state index contributed by atoms with van der Waals surface area (Å²) in [5.74, 6) is 0. The Hall–Kier alpha value is -1.57. The maximum atomic E-state index is 6.02. The van der Waals surface area contributed by atoms with E-state index >= 15 is 0 Å². The number of allylic oxidation sites excluding steroid dienone is 2. The van der Waals surface area contributed by atoms with E-state index in [4.69, 9.17) is 5.73 Å². The number of pyridine rings is 1. The van der Waals surface area contributed by atoms with Crippen LogP contribution in [0, 0.1) is 6.92 Å². The zero-order valence-electron chi connectivity index (χ0n) is 9.02. The van der Waals surface area contributed by atoms with Crippen LogP contribution < -0.4 is 5.73 Å². The van der Waals surface area contributed by atoms with Gasteiger partial charge in [0, 0.05) is 28.7 Å². The number of nitrogens with zero attached hydrogens (tertiary/aromatic N) is 1. The molecule has 2 nitrogen and oxygen atoms in total. The third-order valence-electron chi connectivity index (χ3n) is 2.20. The van der Waals surface area contributed by atoms with Crippen LogP contribution in [-0.2, 0) is 0 Å². The fourth-order valence-corrected chi connectivity index (χ4v) is 1.50. The van der Waals surface area contributed by atoms with Gasteiger partial charge in [-0.25, -0.2) is 0 Å². The second-order valence-corrected chi connectivity index (χ2v) is 3.61. The molecule has 1 aromatic rings. The molecule has 1 heterocycles. The molecule has 1 rings (SSSR count). The molecule has 0 atom stereocenters. The highest BCUT2D eigenvalue weighted by atomic mass is 14.7. The van der Waals surface area contributed by atoms with E-state index in [1.165, 1.54) is 0 Å². The van der Waals surface area contributed by atoms with E-state index < -0.39 is 0 Å². The molecule has 0 aromatic carbocycles. The summed E-state index contributed by atoms with van der Waals surface area (Å²) in [6, 6.07) is 0. The maximum absolute atomic E-state index is 6.02. The Morgan fingerprint density at radius 2 is 1.86 bits per heavy atom. The zero-order chi connectivity index (χ0) is 10.9. The molecule has 0 saturated carbocycles. The predicted molar refractivity (Wildman–Crippen MR) is 62.8 cm³/mol. The zero-order valence-corrected chi connectivity index (χ0v) is 9.02. The molecule has 0 aliphatic carbocycles. The summed E-state index contributed by atoms with van der Waals surface area (Å²) in [7, 11) is 0. The minimum absolute atomic E-state index is 0.734. The van der Waals surface area contributed by atoms with Crippen LogP contribution in [0.5, 0.6) is 0 Å². The molecule has 0 radical (unpaired) electrons. The maximum Gasteiger partial charge on any atom is 0.0500 e. The highest BCUT2D eigenvalue weighted by Gasteiger charge is 2.10. The van der Waals surface area contributed by atoms with E-state index in [2.05, 4.69) is 18.1 Å². The van der Waals surface area contributed by atoms with E-state index in [0.29, 0.717) is 0 Å². The first kappa shape index (κ1) is 10.5. The Morgan fingerprint density at radius 3 is 2.29 bits per heavy atom. The highest BCUT2D eigenvalue weighted by molar-refractivity contribution is 5.82. The van der Waals surface area contributed by atoms with Gasteiger partial charge in [-0.3, -0.25) is 4.98 Å². The van der Waals surface area contributed by atoms with Crippen LogP contribution in [-0.4, -0.2) is 4.98 Å². The van der Waals surface area contributed by atoms with Gasteiger partial charge in [0.25, 0.3) is 0 Å². The molecule has 0 saturated heterocycles. The fraction of sp³-hybridized carbons (Fsp3) is 0.250. The van der Waals surface area contributed by atoms with Crippen LogP contribution in [0.15, 0.2) is 19.4 Å². The van der Waals surface area contributed by atoms with Crippen LogP contribution in [0.1, 0.15) is 30.7 Å². The number of hydrogen-bond acceptors (Lipinski definition) is 2.